The van der Waals surface area contributed by atoms with Gasteiger partial charge in [0.1, 0.15) is 5.82 Å². The first-order valence-electron chi connectivity index (χ1n) is 9.16. The highest BCUT2D eigenvalue weighted by atomic mass is 16.1. The molecule has 0 saturated carbocycles. The number of aryl methyl sites for hydroxylation is 2. The molecule has 0 unspecified atom stereocenters. The van der Waals surface area contributed by atoms with Gasteiger partial charge in [-0.1, -0.05) is 60.2 Å². The number of carbonyl (C=O) groups excluding carboxylic acids is 1. The number of aromatic nitrogens is 2. The van der Waals surface area contributed by atoms with Gasteiger partial charge in [-0.15, -0.1) is 10.2 Å². The molecule has 2 aromatic carbocycles. The fourth-order valence-electron chi connectivity index (χ4n) is 2.84. The summed E-state index contributed by atoms with van der Waals surface area (Å²) in [6.45, 7) is 2.83. The lowest BCUT2D eigenvalue weighted by Crippen LogP contribution is -2.16. The van der Waals surface area contributed by atoms with Gasteiger partial charge in [0.05, 0.1) is 6.42 Å². The van der Waals surface area contributed by atoms with Crippen LogP contribution in [0.25, 0.3) is 0 Å². The molecule has 0 fully saturated rings. The van der Waals surface area contributed by atoms with Gasteiger partial charge in [0.25, 0.3) is 0 Å². The second kappa shape index (κ2) is 9.48. The van der Waals surface area contributed by atoms with Crippen LogP contribution in [0.15, 0.2) is 66.7 Å². The quantitative estimate of drug-likeness (QED) is 0.596. The van der Waals surface area contributed by atoms with Crippen LogP contribution >= 0.6 is 0 Å². The molecule has 27 heavy (non-hydrogen) atoms. The lowest BCUT2D eigenvalue weighted by Gasteiger charge is -2.07. The smallest absolute Gasteiger partial charge is 0.229 e. The van der Waals surface area contributed by atoms with E-state index in [1.807, 2.05) is 43.3 Å². The van der Waals surface area contributed by atoms with E-state index < -0.39 is 0 Å². The molecule has 1 heterocycles. The Morgan fingerprint density at radius 2 is 1.63 bits per heavy atom. The van der Waals surface area contributed by atoms with E-state index in [2.05, 4.69) is 45.1 Å². The molecule has 5 heteroatoms. The minimum absolute atomic E-state index is 0.0986. The predicted octanol–water partition coefficient (Wildman–Crippen LogP) is 4.01. The topological polar surface area (TPSA) is 66.9 Å². The number of carbonyl (C=O) groups is 1. The summed E-state index contributed by atoms with van der Waals surface area (Å²) < 4.78 is 0. The molecule has 3 rings (SSSR count). The Bertz CT molecular complexity index is 863. The molecule has 0 bridgehead atoms. The van der Waals surface area contributed by atoms with Crippen molar-refractivity contribution in [3.8, 4) is 0 Å². The molecule has 0 radical (unpaired) electrons. The second-order valence-corrected chi connectivity index (χ2v) is 6.53. The molecular formula is C22H24N4O. The highest BCUT2D eigenvalue weighted by Crippen LogP contribution is 2.09. The summed E-state index contributed by atoms with van der Waals surface area (Å²) in [6, 6.07) is 21.9. The third-order valence-electron chi connectivity index (χ3n) is 4.17. The number of benzene rings is 2. The molecule has 2 N–H and O–H groups in total. The van der Waals surface area contributed by atoms with Crippen LogP contribution in [0, 0.1) is 6.92 Å². The fourth-order valence-corrected chi connectivity index (χ4v) is 2.84. The average Bonchev–Trinajstić information content (AvgIpc) is 2.67. The fraction of sp³-hybridized carbons (Fsp3) is 0.227. The standard InChI is InChI=1S/C22H24N4O/c1-17-7-5-10-19(15-17)16-22(27)24-21-13-12-20(25-26-21)23-14-6-11-18-8-3-2-4-9-18/h2-5,7-10,12-13,15H,6,11,14,16H2,1H3,(H,23,25)(H,24,26,27). The van der Waals surface area contributed by atoms with Gasteiger partial charge in [-0.3, -0.25) is 4.79 Å². The molecule has 1 aromatic heterocycles. The van der Waals surface area contributed by atoms with Gasteiger partial charge in [-0.05, 0) is 43.0 Å². The number of amides is 1. The summed E-state index contributed by atoms with van der Waals surface area (Å²) in [7, 11) is 0. The zero-order valence-corrected chi connectivity index (χ0v) is 15.5. The molecule has 5 nitrogen and oxygen atoms in total. The number of hydrogen-bond donors (Lipinski definition) is 2. The first-order chi connectivity index (χ1) is 13.2. The van der Waals surface area contributed by atoms with Crippen molar-refractivity contribution >= 4 is 17.5 Å². The zero-order valence-electron chi connectivity index (χ0n) is 15.5. The van der Waals surface area contributed by atoms with Crippen LogP contribution in [0.3, 0.4) is 0 Å². The van der Waals surface area contributed by atoms with Gasteiger partial charge >= 0.3 is 0 Å². The summed E-state index contributed by atoms with van der Waals surface area (Å²) in [5.41, 5.74) is 3.46. The predicted molar refractivity (Wildman–Crippen MR) is 109 cm³/mol. The minimum Gasteiger partial charge on any atom is -0.369 e. The van der Waals surface area contributed by atoms with E-state index in [1.165, 1.54) is 5.56 Å². The Hall–Kier alpha value is -3.21. The maximum Gasteiger partial charge on any atom is 0.229 e. The largest absolute Gasteiger partial charge is 0.369 e. The van der Waals surface area contributed by atoms with Crippen LogP contribution in [0.4, 0.5) is 11.6 Å². The Balaban J connectivity index is 1.42. The lowest BCUT2D eigenvalue weighted by molar-refractivity contribution is -0.115. The number of nitrogens with one attached hydrogen (secondary N) is 2. The summed E-state index contributed by atoms with van der Waals surface area (Å²) in [5, 5.41) is 14.2. The zero-order chi connectivity index (χ0) is 18.9. The summed E-state index contributed by atoms with van der Waals surface area (Å²) in [4.78, 5) is 12.1. The van der Waals surface area contributed by atoms with Crippen molar-refractivity contribution in [3.63, 3.8) is 0 Å². The maximum absolute atomic E-state index is 12.1. The molecular weight excluding hydrogens is 336 g/mol. The molecule has 0 saturated heterocycles. The van der Waals surface area contributed by atoms with Crippen LogP contribution < -0.4 is 10.6 Å². The minimum atomic E-state index is -0.0986. The molecule has 138 valence electrons. The van der Waals surface area contributed by atoms with Crippen LogP contribution in [-0.4, -0.2) is 22.6 Å². The van der Waals surface area contributed by atoms with E-state index in [9.17, 15) is 4.79 Å². The number of rotatable bonds is 8. The monoisotopic (exact) mass is 360 g/mol. The summed E-state index contributed by atoms with van der Waals surface area (Å²) >= 11 is 0. The van der Waals surface area contributed by atoms with Crippen LogP contribution in [0.2, 0.25) is 0 Å². The Labute approximate surface area is 159 Å². The van der Waals surface area contributed by atoms with Gasteiger partial charge in [0.15, 0.2) is 5.82 Å². The van der Waals surface area contributed by atoms with Crippen molar-refractivity contribution < 1.29 is 4.79 Å². The van der Waals surface area contributed by atoms with Gasteiger partial charge in [0.2, 0.25) is 5.91 Å². The van der Waals surface area contributed by atoms with Crippen molar-refractivity contribution in [2.45, 2.75) is 26.2 Å². The van der Waals surface area contributed by atoms with Crippen LogP contribution in [0.5, 0.6) is 0 Å². The summed E-state index contributed by atoms with van der Waals surface area (Å²) in [6.07, 6.45) is 2.36. The number of hydrogen-bond acceptors (Lipinski definition) is 4. The Morgan fingerprint density at radius 3 is 2.37 bits per heavy atom. The Kier molecular flexibility index (Phi) is 6.52. The Morgan fingerprint density at radius 1 is 0.889 bits per heavy atom. The highest BCUT2D eigenvalue weighted by Gasteiger charge is 2.06. The molecule has 3 aromatic rings. The van der Waals surface area contributed by atoms with Gasteiger partial charge in [0, 0.05) is 6.54 Å². The molecule has 0 spiro atoms. The van der Waals surface area contributed by atoms with E-state index in [1.54, 1.807) is 6.07 Å². The maximum atomic E-state index is 12.1. The van der Waals surface area contributed by atoms with Gasteiger partial charge in [-0.2, -0.15) is 0 Å². The summed E-state index contributed by atoms with van der Waals surface area (Å²) in [5.74, 6) is 1.07. The second-order valence-electron chi connectivity index (χ2n) is 6.53. The van der Waals surface area contributed by atoms with Crippen LogP contribution in [-0.2, 0) is 17.6 Å². The molecule has 0 aliphatic rings. The van der Waals surface area contributed by atoms with Gasteiger partial charge < -0.3 is 10.6 Å². The van der Waals surface area contributed by atoms with Crippen molar-refractivity contribution in [1.82, 2.24) is 10.2 Å². The first kappa shape index (κ1) is 18.6. The van der Waals surface area contributed by atoms with Crippen LogP contribution in [0.1, 0.15) is 23.1 Å². The van der Waals surface area contributed by atoms with E-state index >= 15 is 0 Å². The van der Waals surface area contributed by atoms with E-state index in [0.717, 1.165) is 30.5 Å². The number of nitrogens with zero attached hydrogens (tertiary/aromatic N) is 2. The third-order valence-corrected chi connectivity index (χ3v) is 4.17. The van der Waals surface area contributed by atoms with E-state index in [-0.39, 0.29) is 5.91 Å². The normalized spacial score (nSPS) is 10.4. The van der Waals surface area contributed by atoms with Crippen molar-refractivity contribution in [3.05, 3.63) is 83.4 Å². The SMILES string of the molecule is Cc1cccc(CC(=O)Nc2ccc(NCCCc3ccccc3)nn2)c1. The number of anilines is 2. The van der Waals surface area contributed by atoms with Crippen molar-refractivity contribution in [2.24, 2.45) is 0 Å². The molecule has 0 atom stereocenters. The van der Waals surface area contributed by atoms with Crippen molar-refractivity contribution in [2.75, 3.05) is 17.2 Å². The average molecular weight is 360 g/mol. The molecule has 0 aliphatic carbocycles. The first-order valence-corrected chi connectivity index (χ1v) is 9.16. The molecule has 0 aliphatic heterocycles. The van der Waals surface area contributed by atoms with Crippen molar-refractivity contribution in [1.29, 1.82) is 0 Å². The molecule has 1 amide bonds. The van der Waals surface area contributed by atoms with Gasteiger partial charge in [-0.25, -0.2) is 0 Å². The van der Waals surface area contributed by atoms with E-state index in [4.69, 9.17) is 0 Å². The lowest BCUT2D eigenvalue weighted by atomic mass is 10.1. The van der Waals surface area contributed by atoms with E-state index in [0.29, 0.717) is 18.1 Å². The highest BCUT2D eigenvalue weighted by molar-refractivity contribution is 5.91. The third kappa shape index (κ3) is 6.22.